The van der Waals surface area contributed by atoms with Crippen LogP contribution >= 0.6 is 0 Å². The molecule has 4 rings (SSSR count). The third kappa shape index (κ3) is 2.03. The number of carbonyl (C=O) groups is 3. The van der Waals surface area contributed by atoms with Gasteiger partial charge in [0, 0.05) is 29.6 Å². The first-order valence-electron chi connectivity index (χ1n) is 9.87. The molecular weight excluding hydrogens is 351 g/mol. The van der Waals surface area contributed by atoms with Crippen molar-refractivity contribution in [1.29, 1.82) is 0 Å². The molecule has 0 heterocycles. The minimum atomic E-state index is -2.07. The molecule has 0 saturated heterocycles. The Bertz CT molecular complexity index is 775. The average Bonchev–Trinajstić information content (AvgIpc) is 2.88. The molecule has 4 aliphatic rings. The lowest BCUT2D eigenvalue weighted by atomic mass is 9.44. The highest BCUT2D eigenvalue weighted by Crippen LogP contribution is 2.69. The molecule has 2 N–H and O–H groups in total. The summed E-state index contributed by atoms with van der Waals surface area (Å²) in [6, 6.07) is 0. The topological polar surface area (TPSA) is 91.7 Å². The summed E-state index contributed by atoms with van der Waals surface area (Å²) in [5, 5.41) is 20.4. The fourth-order valence-electron chi connectivity index (χ4n) is 6.88. The molecule has 0 aliphatic heterocycles. The number of allylic oxidation sites excluding steroid dienone is 1. The van der Waals surface area contributed by atoms with Gasteiger partial charge in [0.05, 0.1) is 0 Å². The van der Waals surface area contributed by atoms with Gasteiger partial charge in [0.1, 0.15) is 12.2 Å². The molecule has 0 amide bonds. The van der Waals surface area contributed by atoms with Gasteiger partial charge in [-0.15, -0.1) is 0 Å². The zero-order valence-corrected chi connectivity index (χ0v) is 15.9. The highest BCUT2D eigenvalue weighted by Gasteiger charge is 2.74. The Labute approximate surface area is 158 Å². The molecule has 0 bridgehead atoms. The second kappa shape index (κ2) is 5.57. The fourth-order valence-corrected chi connectivity index (χ4v) is 6.88. The number of Topliss-reactive ketones (excluding diaryl/α,β-unsaturated/α-hetero) is 2. The molecule has 0 spiro atoms. The van der Waals surface area contributed by atoms with E-state index < -0.39 is 46.2 Å². The van der Waals surface area contributed by atoms with Gasteiger partial charge in [0.15, 0.2) is 23.0 Å². The zero-order valence-electron chi connectivity index (χ0n) is 15.9. The lowest BCUT2D eigenvalue weighted by Crippen LogP contribution is -2.68. The van der Waals surface area contributed by atoms with Crippen LogP contribution in [0.3, 0.4) is 0 Å². The lowest BCUT2D eigenvalue weighted by molar-refractivity contribution is -0.189. The molecule has 27 heavy (non-hydrogen) atoms. The standard InChI is InChI=1S/C21H27FO5/c1-18-7-5-13(24)9-12(18)3-4-15-14-6-8-20(27,17(26)11-23)19(14,2)10-16(25)21(15,18)22/h9,14-15,23,27H,3-8,10-11H2,1-2H3/t14?,15-,18+,19+,20+,21+/m1/s1. The molecule has 0 radical (unpaired) electrons. The number of hydrogen-bond acceptors (Lipinski definition) is 5. The molecule has 5 nitrogen and oxygen atoms in total. The van der Waals surface area contributed by atoms with Gasteiger partial charge < -0.3 is 10.2 Å². The summed E-state index contributed by atoms with van der Waals surface area (Å²) in [7, 11) is 0. The second-order valence-corrected chi connectivity index (χ2v) is 9.43. The zero-order chi connectivity index (χ0) is 19.8. The van der Waals surface area contributed by atoms with Crippen LogP contribution in [0.1, 0.15) is 58.8 Å². The number of halogens is 1. The van der Waals surface area contributed by atoms with Crippen molar-refractivity contribution in [2.24, 2.45) is 22.7 Å². The van der Waals surface area contributed by atoms with Gasteiger partial charge in [0.25, 0.3) is 0 Å². The van der Waals surface area contributed by atoms with E-state index in [2.05, 4.69) is 0 Å². The molecule has 1 unspecified atom stereocenters. The second-order valence-electron chi connectivity index (χ2n) is 9.43. The van der Waals surface area contributed by atoms with Crippen molar-refractivity contribution in [3.63, 3.8) is 0 Å². The largest absolute Gasteiger partial charge is 0.388 e. The quantitative estimate of drug-likeness (QED) is 0.768. The fraction of sp³-hybridized carbons (Fsp3) is 0.762. The number of aliphatic hydroxyl groups excluding tert-OH is 1. The van der Waals surface area contributed by atoms with Gasteiger partial charge >= 0.3 is 0 Å². The summed E-state index contributed by atoms with van der Waals surface area (Å²) >= 11 is 0. The average molecular weight is 378 g/mol. The Balaban J connectivity index is 1.81. The number of carbonyl (C=O) groups excluding carboxylic acids is 3. The summed E-state index contributed by atoms with van der Waals surface area (Å²) in [6.45, 7) is 2.68. The molecule has 4 aliphatic carbocycles. The maximum Gasteiger partial charge on any atom is 0.190 e. The predicted octanol–water partition coefficient (Wildman–Crippen LogP) is 2.08. The Hall–Kier alpha value is -1.40. The van der Waals surface area contributed by atoms with Crippen molar-refractivity contribution in [3.05, 3.63) is 11.6 Å². The van der Waals surface area contributed by atoms with Crippen LogP contribution in [0.5, 0.6) is 0 Å². The van der Waals surface area contributed by atoms with Crippen LogP contribution in [-0.2, 0) is 14.4 Å². The summed E-state index contributed by atoms with van der Waals surface area (Å²) in [6.07, 6.45) is 3.46. The SMILES string of the molecule is C[C@]12CCC(=O)C=C1CC[C@@H]1C3CC[C@](O)(C(=O)CO)[C@@]3(C)CC(=O)[C@@]12F. The van der Waals surface area contributed by atoms with Crippen molar-refractivity contribution < 1.29 is 29.0 Å². The Morgan fingerprint density at radius 1 is 1.19 bits per heavy atom. The first-order chi connectivity index (χ1) is 12.5. The van der Waals surface area contributed by atoms with Crippen molar-refractivity contribution in [2.45, 2.75) is 70.1 Å². The van der Waals surface area contributed by atoms with Gasteiger partial charge in [-0.1, -0.05) is 19.4 Å². The monoisotopic (exact) mass is 378 g/mol. The third-order valence-corrected chi connectivity index (χ3v) is 8.56. The van der Waals surface area contributed by atoms with E-state index in [-0.39, 0.29) is 31.0 Å². The van der Waals surface area contributed by atoms with E-state index in [1.165, 1.54) is 6.08 Å². The maximum atomic E-state index is 16.7. The minimum Gasteiger partial charge on any atom is -0.388 e. The van der Waals surface area contributed by atoms with Crippen molar-refractivity contribution in [3.8, 4) is 0 Å². The minimum absolute atomic E-state index is 0.0126. The van der Waals surface area contributed by atoms with E-state index in [0.29, 0.717) is 25.7 Å². The molecule has 148 valence electrons. The predicted molar refractivity (Wildman–Crippen MR) is 94.5 cm³/mol. The van der Waals surface area contributed by atoms with Crippen molar-refractivity contribution in [2.75, 3.05) is 6.61 Å². The number of aliphatic hydroxyl groups is 2. The summed E-state index contributed by atoms with van der Waals surface area (Å²) < 4.78 is 16.7. The van der Waals surface area contributed by atoms with Gasteiger partial charge in [-0.05, 0) is 44.1 Å². The maximum absolute atomic E-state index is 16.7. The van der Waals surface area contributed by atoms with Gasteiger partial charge in [-0.25, -0.2) is 4.39 Å². The Morgan fingerprint density at radius 2 is 1.89 bits per heavy atom. The van der Waals surface area contributed by atoms with Gasteiger partial charge in [-0.2, -0.15) is 0 Å². The van der Waals surface area contributed by atoms with Crippen LogP contribution in [0.15, 0.2) is 11.6 Å². The lowest BCUT2D eigenvalue weighted by Gasteiger charge is -2.60. The number of alkyl halides is 1. The smallest absolute Gasteiger partial charge is 0.190 e. The summed E-state index contributed by atoms with van der Waals surface area (Å²) in [4.78, 5) is 37.4. The number of ketones is 3. The van der Waals surface area contributed by atoms with E-state index in [0.717, 1.165) is 5.57 Å². The van der Waals surface area contributed by atoms with Crippen LogP contribution in [-0.4, -0.2) is 45.4 Å². The van der Waals surface area contributed by atoms with Crippen LogP contribution in [0.4, 0.5) is 4.39 Å². The van der Waals surface area contributed by atoms with Crippen molar-refractivity contribution in [1.82, 2.24) is 0 Å². The van der Waals surface area contributed by atoms with Crippen LogP contribution in [0.25, 0.3) is 0 Å². The number of hydrogen-bond donors (Lipinski definition) is 2. The highest BCUT2D eigenvalue weighted by atomic mass is 19.1. The molecule has 3 saturated carbocycles. The van der Waals surface area contributed by atoms with Crippen molar-refractivity contribution >= 4 is 17.3 Å². The summed E-state index contributed by atoms with van der Waals surface area (Å²) in [5.41, 5.74) is -5.19. The number of rotatable bonds is 2. The van der Waals surface area contributed by atoms with Crippen LogP contribution < -0.4 is 0 Å². The van der Waals surface area contributed by atoms with Crippen LogP contribution in [0.2, 0.25) is 0 Å². The molecule has 6 atom stereocenters. The number of fused-ring (bicyclic) bond motifs is 5. The molecule has 6 heteroatoms. The highest BCUT2D eigenvalue weighted by molar-refractivity contribution is 5.97. The van der Waals surface area contributed by atoms with Crippen LogP contribution in [0, 0.1) is 22.7 Å². The van der Waals surface area contributed by atoms with E-state index in [9.17, 15) is 24.6 Å². The third-order valence-electron chi connectivity index (χ3n) is 8.56. The molecule has 3 fully saturated rings. The molecule has 0 aromatic heterocycles. The first kappa shape index (κ1) is 18.9. The summed E-state index contributed by atoms with van der Waals surface area (Å²) in [5.74, 6) is -2.16. The molecule has 0 aromatic carbocycles. The first-order valence-corrected chi connectivity index (χ1v) is 9.87. The van der Waals surface area contributed by atoms with E-state index >= 15 is 4.39 Å². The normalized spacial score (nSPS) is 49.1. The van der Waals surface area contributed by atoms with Gasteiger partial charge in [0.2, 0.25) is 0 Å². The molecule has 0 aromatic rings. The van der Waals surface area contributed by atoms with E-state index in [1.807, 2.05) is 0 Å². The van der Waals surface area contributed by atoms with Gasteiger partial charge in [-0.3, -0.25) is 14.4 Å². The Morgan fingerprint density at radius 3 is 2.56 bits per heavy atom. The molecular formula is C21H27FO5. The van der Waals surface area contributed by atoms with E-state index in [1.54, 1.807) is 13.8 Å². The van der Waals surface area contributed by atoms with E-state index in [4.69, 9.17) is 0 Å². The Kier molecular flexibility index (Phi) is 3.91.